The zero-order chi connectivity index (χ0) is 15.1. The number of nitrogens with zero attached hydrogens (tertiary/aromatic N) is 1. The van der Waals surface area contributed by atoms with Gasteiger partial charge < -0.3 is 10.2 Å². The molecular weight excluding hydrogens is 259 g/mol. The summed E-state index contributed by atoms with van der Waals surface area (Å²) in [5.41, 5.74) is 1.01. The third-order valence-electron chi connectivity index (χ3n) is 3.17. The molecule has 1 N–H and O–H groups in total. The summed E-state index contributed by atoms with van der Waals surface area (Å²) in [6, 6.07) is 4.02. The first-order valence-corrected chi connectivity index (χ1v) is 6.81. The Morgan fingerprint density at radius 2 is 1.90 bits per heavy atom. The number of rotatable bonds is 6. The van der Waals surface area contributed by atoms with E-state index in [9.17, 15) is 14.0 Å². The van der Waals surface area contributed by atoms with E-state index >= 15 is 0 Å². The van der Waals surface area contributed by atoms with Crippen molar-refractivity contribution in [1.29, 1.82) is 0 Å². The Morgan fingerprint density at radius 3 is 2.45 bits per heavy atom. The van der Waals surface area contributed by atoms with E-state index in [2.05, 4.69) is 5.32 Å². The molecule has 1 aromatic rings. The van der Waals surface area contributed by atoms with E-state index in [0.29, 0.717) is 24.2 Å². The highest BCUT2D eigenvalue weighted by Crippen LogP contribution is 2.09. The molecule has 0 fully saturated rings. The zero-order valence-electron chi connectivity index (χ0n) is 12.2. The van der Waals surface area contributed by atoms with E-state index in [4.69, 9.17) is 0 Å². The summed E-state index contributed by atoms with van der Waals surface area (Å²) in [6.45, 7) is 7.13. The number of hydrogen-bond acceptors (Lipinski definition) is 2. The molecule has 4 nitrogen and oxygen atoms in total. The van der Waals surface area contributed by atoms with E-state index in [0.717, 1.165) is 0 Å². The minimum atomic E-state index is -0.365. The first-order valence-electron chi connectivity index (χ1n) is 6.81. The van der Waals surface area contributed by atoms with Gasteiger partial charge in [-0.1, -0.05) is 0 Å². The Kier molecular flexibility index (Phi) is 6.15. The molecule has 0 bridgehead atoms. The molecule has 1 aromatic carbocycles. The first kappa shape index (κ1) is 16.1. The number of carbonyl (C=O) groups excluding carboxylic acids is 2. The van der Waals surface area contributed by atoms with E-state index in [1.54, 1.807) is 11.8 Å². The molecule has 0 aliphatic rings. The summed E-state index contributed by atoms with van der Waals surface area (Å²) in [7, 11) is 0. The lowest BCUT2D eigenvalue weighted by atomic mass is 10.1. The van der Waals surface area contributed by atoms with E-state index in [1.165, 1.54) is 18.2 Å². The minimum absolute atomic E-state index is 0.0196. The van der Waals surface area contributed by atoms with Crippen LogP contribution >= 0.6 is 0 Å². The Bertz CT molecular complexity index is 485. The van der Waals surface area contributed by atoms with Crippen molar-refractivity contribution in [2.75, 3.05) is 19.6 Å². The lowest BCUT2D eigenvalue weighted by Crippen LogP contribution is -2.34. The monoisotopic (exact) mass is 280 g/mol. The summed E-state index contributed by atoms with van der Waals surface area (Å²) >= 11 is 0. The molecule has 0 atom stereocenters. The predicted octanol–water partition coefficient (Wildman–Crippen LogP) is 2.12. The first-order chi connectivity index (χ1) is 9.49. The van der Waals surface area contributed by atoms with Gasteiger partial charge in [-0.25, -0.2) is 4.39 Å². The van der Waals surface area contributed by atoms with Crippen LogP contribution in [-0.4, -0.2) is 36.3 Å². The van der Waals surface area contributed by atoms with Crippen molar-refractivity contribution in [2.45, 2.75) is 27.2 Å². The van der Waals surface area contributed by atoms with Gasteiger partial charge in [0.2, 0.25) is 5.91 Å². The predicted molar refractivity (Wildman–Crippen MR) is 76.0 cm³/mol. The van der Waals surface area contributed by atoms with Gasteiger partial charge in [0, 0.05) is 31.6 Å². The topological polar surface area (TPSA) is 49.4 Å². The number of amides is 2. The van der Waals surface area contributed by atoms with Crippen LogP contribution in [0.15, 0.2) is 18.2 Å². The molecule has 0 aliphatic heterocycles. The Hall–Kier alpha value is -1.91. The molecule has 1 rings (SSSR count). The van der Waals surface area contributed by atoms with Gasteiger partial charge >= 0.3 is 0 Å². The van der Waals surface area contributed by atoms with Gasteiger partial charge in [-0.05, 0) is 44.5 Å². The standard InChI is InChI=1S/C15H21FN2O2/c1-4-18(5-2)14(19)8-9-17-15(20)13-7-6-12(16)10-11(13)3/h6-7,10H,4-5,8-9H2,1-3H3,(H,17,20). The highest BCUT2D eigenvalue weighted by Gasteiger charge is 2.12. The molecule has 2 amide bonds. The van der Waals surface area contributed by atoms with Crippen molar-refractivity contribution in [3.05, 3.63) is 35.1 Å². The Morgan fingerprint density at radius 1 is 1.25 bits per heavy atom. The zero-order valence-corrected chi connectivity index (χ0v) is 12.2. The van der Waals surface area contributed by atoms with Crippen LogP contribution in [-0.2, 0) is 4.79 Å². The SMILES string of the molecule is CCN(CC)C(=O)CCNC(=O)c1ccc(F)cc1C. The third-order valence-corrected chi connectivity index (χ3v) is 3.17. The summed E-state index contributed by atoms with van der Waals surface area (Å²) < 4.78 is 13.0. The normalized spacial score (nSPS) is 10.2. The van der Waals surface area contributed by atoms with Crippen molar-refractivity contribution in [1.82, 2.24) is 10.2 Å². The van der Waals surface area contributed by atoms with Gasteiger partial charge in [-0.15, -0.1) is 0 Å². The molecule has 110 valence electrons. The second-order valence-corrected chi connectivity index (χ2v) is 4.53. The summed E-state index contributed by atoms with van der Waals surface area (Å²) in [6.07, 6.45) is 0.271. The molecule has 20 heavy (non-hydrogen) atoms. The maximum Gasteiger partial charge on any atom is 0.251 e. The number of benzene rings is 1. The number of hydrogen-bond donors (Lipinski definition) is 1. The second kappa shape index (κ2) is 7.62. The summed E-state index contributed by atoms with van der Waals surface area (Å²) in [5.74, 6) is -0.628. The van der Waals surface area contributed by atoms with Gasteiger partial charge in [0.05, 0.1) is 0 Å². The van der Waals surface area contributed by atoms with Crippen molar-refractivity contribution >= 4 is 11.8 Å². The quantitative estimate of drug-likeness (QED) is 0.867. The molecule has 0 aliphatic carbocycles. The smallest absolute Gasteiger partial charge is 0.251 e. The van der Waals surface area contributed by atoms with Gasteiger partial charge in [0.25, 0.3) is 5.91 Å². The van der Waals surface area contributed by atoms with Crippen LogP contribution in [0.2, 0.25) is 0 Å². The lowest BCUT2D eigenvalue weighted by molar-refractivity contribution is -0.130. The van der Waals surface area contributed by atoms with Crippen LogP contribution in [0, 0.1) is 12.7 Å². The largest absolute Gasteiger partial charge is 0.352 e. The Labute approximate surface area is 119 Å². The van der Waals surface area contributed by atoms with Crippen LogP contribution in [0.3, 0.4) is 0 Å². The molecule has 0 saturated carbocycles. The molecule has 0 saturated heterocycles. The van der Waals surface area contributed by atoms with Crippen molar-refractivity contribution in [3.63, 3.8) is 0 Å². The van der Waals surface area contributed by atoms with Crippen LogP contribution in [0.25, 0.3) is 0 Å². The van der Waals surface area contributed by atoms with Gasteiger partial charge in [0.15, 0.2) is 0 Å². The fourth-order valence-electron chi connectivity index (χ4n) is 1.99. The van der Waals surface area contributed by atoms with E-state index in [-0.39, 0.29) is 30.6 Å². The molecule has 0 radical (unpaired) electrons. The molecule has 0 aromatic heterocycles. The fraction of sp³-hybridized carbons (Fsp3) is 0.467. The minimum Gasteiger partial charge on any atom is -0.352 e. The van der Waals surface area contributed by atoms with Crippen LogP contribution in [0.5, 0.6) is 0 Å². The van der Waals surface area contributed by atoms with Crippen LogP contribution in [0.1, 0.15) is 36.2 Å². The second-order valence-electron chi connectivity index (χ2n) is 4.53. The van der Waals surface area contributed by atoms with Gasteiger partial charge in [-0.2, -0.15) is 0 Å². The van der Waals surface area contributed by atoms with Crippen LogP contribution < -0.4 is 5.32 Å². The van der Waals surface area contributed by atoms with Crippen molar-refractivity contribution in [2.24, 2.45) is 0 Å². The van der Waals surface area contributed by atoms with Gasteiger partial charge in [0.1, 0.15) is 5.82 Å². The molecule has 0 spiro atoms. The maximum atomic E-state index is 13.0. The average molecular weight is 280 g/mol. The highest BCUT2D eigenvalue weighted by atomic mass is 19.1. The molecular formula is C15H21FN2O2. The number of carbonyl (C=O) groups is 2. The lowest BCUT2D eigenvalue weighted by Gasteiger charge is -2.18. The van der Waals surface area contributed by atoms with E-state index in [1.807, 2.05) is 13.8 Å². The number of aryl methyl sites for hydroxylation is 1. The van der Waals surface area contributed by atoms with Gasteiger partial charge in [-0.3, -0.25) is 9.59 Å². The van der Waals surface area contributed by atoms with Crippen molar-refractivity contribution < 1.29 is 14.0 Å². The number of nitrogens with one attached hydrogen (secondary N) is 1. The van der Waals surface area contributed by atoms with Crippen molar-refractivity contribution in [3.8, 4) is 0 Å². The van der Waals surface area contributed by atoms with E-state index < -0.39 is 0 Å². The Balaban J connectivity index is 2.50. The molecule has 5 heteroatoms. The summed E-state index contributed by atoms with van der Waals surface area (Å²) in [4.78, 5) is 25.4. The highest BCUT2D eigenvalue weighted by molar-refractivity contribution is 5.95. The number of halogens is 1. The van der Waals surface area contributed by atoms with Crippen LogP contribution in [0.4, 0.5) is 4.39 Å². The molecule has 0 unspecified atom stereocenters. The third kappa shape index (κ3) is 4.33. The maximum absolute atomic E-state index is 13.0. The average Bonchev–Trinajstić information content (AvgIpc) is 2.39. The molecule has 0 heterocycles. The summed E-state index contributed by atoms with van der Waals surface area (Å²) in [5, 5.41) is 2.68. The fourth-order valence-corrected chi connectivity index (χ4v) is 1.99.